The van der Waals surface area contributed by atoms with Crippen molar-refractivity contribution in [3.8, 4) is 11.5 Å². The molecule has 50 heavy (non-hydrogen) atoms. The van der Waals surface area contributed by atoms with Crippen molar-refractivity contribution in [2.75, 3.05) is 65.8 Å². The van der Waals surface area contributed by atoms with Crippen molar-refractivity contribution in [3.05, 3.63) is 48.1 Å². The summed E-state index contributed by atoms with van der Waals surface area (Å²) < 4.78 is 26.1. The van der Waals surface area contributed by atoms with E-state index in [1.807, 2.05) is 32.9 Å². The Labute approximate surface area is 298 Å². The fraction of sp³-hybridized carbons (Fsp3) is 0.692. The average Bonchev–Trinajstić information content (AvgIpc) is 3.95. The molecule has 0 bridgehead atoms. The highest BCUT2D eigenvalue weighted by Crippen LogP contribution is 2.62. The molecular formula is C39H59N3O8. The zero-order valence-electron chi connectivity index (χ0n) is 30.4. The van der Waals surface area contributed by atoms with Crippen LogP contribution in [-0.2, 0) is 14.3 Å². The van der Waals surface area contributed by atoms with Gasteiger partial charge in [0, 0.05) is 57.3 Å². The molecule has 5 rings (SSSR count). The van der Waals surface area contributed by atoms with Crippen LogP contribution in [0, 0.1) is 17.8 Å². The van der Waals surface area contributed by atoms with Crippen molar-refractivity contribution in [2.45, 2.75) is 89.9 Å². The van der Waals surface area contributed by atoms with Crippen LogP contribution in [0.4, 0.5) is 4.79 Å². The first-order chi connectivity index (χ1) is 24.5. The normalized spacial score (nSPS) is 27.4. The lowest BCUT2D eigenvalue weighted by molar-refractivity contribution is -0.255. The molecule has 0 aromatic heterocycles. The number of unbranched alkanes of at least 4 members (excludes halogenated alkanes) is 2. The Balaban J connectivity index is 1.72. The third-order valence-corrected chi connectivity index (χ3v) is 10.5. The summed E-state index contributed by atoms with van der Waals surface area (Å²) in [5, 5.41) is 24.3. The fourth-order valence-corrected chi connectivity index (χ4v) is 8.29. The topological polar surface area (TPSA) is 122 Å². The Morgan fingerprint density at radius 2 is 1.90 bits per heavy atom. The predicted molar refractivity (Wildman–Crippen MR) is 193 cm³/mol. The molecule has 2 heterocycles. The van der Waals surface area contributed by atoms with Crippen LogP contribution in [0.25, 0.3) is 0 Å². The maximum Gasteiger partial charge on any atom is 0.410 e. The van der Waals surface area contributed by atoms with E-state index in [9.17, 15) is 15.0 Å². The summed E-state index contributed by atoms with van der Waals surface area (Å²) in [6, 6.07) is 5.53. The Kier molecular flexibility index (Phi) is 14.0. The minimum Gasteiger partial charge on any atom is -0.492 e. The maximum atomic E-state index is 13.8. The number of hydrogen-bond donors (Lipinski definition) is 2. The second-order valence-corrected chi connectivity index (χ2v) is 13.8. The van der Waals surface area contributed by atoms with Gasteiger partial charge in [0.1, 0.15) is 30.8 Å². The number of fused-ring (bicyclic) bond motifs is 2. The van der Waals surface area contributed by atoms with Gasteiger partial charge in [-0.3, -0.25) is 9.80 Å². The number of aliphatic hydroxyl groups excluding tert-OH is 2. The highest BCUT2D eigenvalue weighted by Gasteiger charge is 2.65. The minimum absolute atomic E-state index is 0.0857. The summed E-state index contributed by atoms with van der Waals surface area (Å²) >= 11 is 0. The lowest BCUT2D eigenvalue weighted by atomic mass is 9.55. The Morgan fingerprint density at radius 3 is 2.58 bits per heavy atom. The van der Waals surface area contributed by atoms with Gasteiger partial charge in [0.2, 0.25) is 5.79 Å². The van der Waals surface area contributed by atoms with Crippen molar-refractivity contribution in [1.82, 2.24) is 9.80 Å². The third-order valence-electron chi connectivity index (χ3n) is 10.5. The van der Waals surface area contributed by atoms with E-state index in [1.54, 1.807) is 11.0 Å². The van der Waals surface area contributed by atoms with Crippen LogP contribution in [0.3, 0.4) is 0 Å². The van der Waals surface area contributed by atoms with Gasteiger partial charge in [-0.2, -0.15) is 0 Å². The zero-order valence-corrected chi connectivity index (χ0v) is 30.4. The molecule has 2 aliphatic carbocycles. The van der Waals surface area contributed by atoms with E-state index < -0.39 is 17.9 Å². The molecular weight excluding hydrogens is 638 g/mol. The van der Waals surface area contributed by atoms with Crippen LogP contribution in [0.15, 0.2) is 47.7 Å². The molecule has 0 radical (unpaired) electrons. The molecule has 1 aromatic carbocycles. The van der Waals surface area contributed by atoms with Gasteiger partial charge in [0.15, 0.2) is 0 Å². The first-order valence-electron chi connectivity index (χ1n) is 18.9. The van der Waals surface area contributed by atoms with Gasteiger partial charge in [-0.05, 0) is 81.6 Å². The highest BCUT2D eigenvalue weighted by atomic mass is 16.7. The number of oxime groups is 1. The molecule has 4 aliphatic rings. The van der Waals surface area contributed by atoms with Gasteiger partial charge in [-0.25, -0.2) is 4.79 Å². The molecule has 11 heteroatoms. The lowest BCUT2D eigenvalue weighted by Crippen LogP contribution is -2.70. The first kappa shape index (κ1) is 38.1. The summed E-state index contributed by atoms with van der Waals surface area (Å²) in [6.07, 6.45) is 9.71. The summed E-state index contributed by atoms with van der Waals surface area (Å²) in [5.41, 5.74) is 2.86. The van der Waals surface area contributed by atoms with Crippen molar-refractivity contribution in [3.63, 3.8) is 0 Å². The summed E-state index contributed by atoms with van der Waals surface area (Å²) in [4.78, 5) is 23.7. The second-order valence-electron chi connectivity index (χ2n) is 13.8. The van der Waals surface area contributed by atoms with Crippen molar-refractivity contribution in [2.24, 2.45) is 22.9 Å². The minimum atomic E-state index is -1.28. The lowest BCUT2D eigenvalue weighted by Gasteiger charge is -2.59. The average molecular weight is 698 g/mol. The van der Waals surface area contributed by atoms with Gasteiger partial charge in [-0.1, -0.05) is 37.1 Å². The molecule has 2 fully saturated rings. The number of amides is 1. The van der Waals surface area contributed by atoms with E-state index in [0.717, 1.165) is 74.3 Å². The largest absolute Gasteiger partial charge is 0.492 e. The molecule has 11 nitrogen and oxygen atoms in total. The monoisotopic (exact) mass is 697 g/mol. The van der Waals surface area contributed by atoms with Crippen LogP contribution >= 0.6 is 0 Å². The number of carbonyl (C=O) groups is 1. The predicted octanol–water partition coefficient (Wildman–Crippen LogP) is 5.90. The smallest absolute Gasteiger partial charge is 0.410 e. The molecule has 2 aliphatic heterocycles. The summed E-state index contributed by atoms with van der Waals surface area (Å²) in [5.74, 6) is 0.132. The van der Waals surface area contributed by atoms with Crippen LogP contribution < -0.4 is 9.47 Å². The van der Waals surface area contributed by atoms with E-state index in [-0.39, 0.29) is 50.1 Å². The van der Waals surface area contributed by atoms with Crippen LogP contribution in [0.1, 0.15) is 83.6 Å². The van der Waals surface area contributed by atoms with Crippen molar-refractivity contribution < 1.29 is 38.8 Å². The van der Waals surface area contributed by atoms with Crippen molar-refractivity contribution in [1.29, 1.82) is 0 Å². The number of hydrogen-bond acceptors (Lipinski definition) is 10. The van der Waals surface area contributed by atoms with Gasteiger partial charge >= 0.3 is 6.09 Å². The molecule has 6 atom stereocenters. The number of ether oxygens (including phenoxy) is 4. The van der Waals surface area contributed by atoms with Crippen LogP contribution in [0.5, 0.6) is 11.5 Å². The fourth-order valence-electron chi connectivity index (χ4n) is 8.29. The van der Waals surface area contributed by atoms with E-state index in [1.165, 1.54) is 0 Å². The molecule has 1 saturated heterocycles. The molecule has 1 aromatic rings. The molecule has 1 saturated carbocycles. The standard InChI is InChI=1S/C39H59N3O8/c1-5-17-42(38(45)46-7-3)35-27-33(40-49-8-4)31-25-28(13-9-11-21-43)30(14-10-12-22-44)36-32-26-29(47-24-20-41-18-19-41)15-16-34(32)50-39(35,37(31)36)48-23-6-2/h6,15-16,25-26,28,30,35-37,43-44H,2,5,7-14,17-24,27H2,1,3-4H3/t28-,30+,35-,36+,37+,39+/m0/s1. The molecule has 278 valence electrons. The number of rotatable bonds is 21. The van der Waals surface area contributed by atoms with Crippen molar-refractivity contribution >= 4 is 11.8 Å². The first-order valence-corrected chi connectivity index (χ1v) is 18.9. The number of allylic oxidation sites excluding steroid dienone is 1. The highest BCUT2D eigenvalue weighted by molar-refractivity contribution is 6.02. The third kappa shape index (κ3) is 8.49. The number of nitrogens with zero attached hydrogens (tertiary/aromatic N) is 3. The zero-order chi connectivity index (χ0) is 35.5. The Bertz CT molecular complexity index is 1330. The summed E-state index contributed by atoms with van der Waals surface area (Å²) in [7, 11) is 0. The molecule has 0 unspecified atom stereocenters. The van der Waals surface area contributed by atoms with E-state index in [2.05, 4.69) is 23.6 Å². The molecule has 1 amide bonds. The SMILES string of the molecule is C=CCO[C@@]12Oc3ccc(OCCN4CC4)cc3[C@H]3[C@H](CCCCO)[C@@H](CCCCO)C=C(C(=NOCC)C[C@@H]1N(CCC)C(=O)OCC)[C@H]32. The maximum absolute atomic E-state index is 13.8. The van der Waals surface area contributed by atoms with Gasteiger partial charge in [0.05, 0.1) is 24.8 Å². The van der Waals surface area contributed by atoms with Gasteiger partial charge < -0.3 is 34.0 Å². The van der Waals surface area contributed by atoms with E-state index >= 15 is 0 Å². The Morgan fingerprint density at radius 1 is 1.12 bits per heavy atom. The summed E-state index contributed by atoms with van der Waals surface area (Å²) in [6.45, 7) is 15.1. The van der Waals surface area contributed by atoms with Gasteiger partial charge in [0.25, 0.3) is 0 Å². The second kappa shape index (κ2) is 18.4. The van der Waals surface area contributed by atoms with E-state index in [0.29, 0.717) is 44.8 Å². The number of benzene rings is 1. The van der Waals surface area contributed by atoms with Crippen LogP contribution in [-0.4, -0.2) is 109 Å². The van der Waals surface area contributed by atoms with E-state index in [4.69, 9.17) is 28.9 Å². The number of aliphatic hydroxyl groups is 2. The van der Waals surface area contributed by atoms with Gasteiger partial charge in [-0.15, -0.1) is 6.58 Å². The molecule has 2 N–H and O–H groups in total. The number of carbonyl (C=O) groups excluding carboxylic acids is 1. The van der Waals surface area contributed by atoms with Crippen LogP contribution in [0.2, 0.25) is 0 Å². The molecule has 0 spiro atoms. The quantitative estimate of drug-likeness (QED) is 0.0700. The Hall–Kier alpha value is -3.12.